The maximum absolute atomic E-state index is 10.7. The van der Waals surface area contributed by atoms with E-state index in [1.54, 1.807) is 0 Å². The fourth-order valence-electron chi connectivity index (χ4n) is 2.66. The highest BCUT2D eigenvalue weighted by atomic mass is 16.3. The highest BCUT2D eigenvalue weighted by molar-refractivity contribution is 5.31. The van der Waals surface area contributed by atoms with Gasteiger partial charge in [0.2, 0.25) is 0 Å². The van der Waals surface area contributed by atoms with Crippen molar-refractivity contribution in [3.05, 3.63) is 35.4 Å². The van der Waals surface area contributed by atoms with Crippen LogP contribution in [0.2, 0.25) is 0 Å². The van der Waals surface area contributed by atoms with Gasteiger partial charge < -0.3 is 10.0 Å². The van der Waals surface area contributed by atoms with E-state index in [0.29, 0.717) is 0 Å². The van der Waals surface area contributed by atoms with Crippen LogP contribution in [0.15, 0.2) is 24.3 Å². The number of rotatable bonds is 1. The van der Waals surface area contributed by atoms with Gasteiger partial charge in [0.25, 0.3) is 0 Å². The highest BCUT2D eigenvalue weighted by Crippen LogP contribution is 2.31. The van der Waals surface area contributed by atoms with E-state index in [2.05, 4.69) is 52.1 Å². The molecular weight excluding hydrogens is 222 g/mol. The van der Waals surface area contributed by atoms with Crippen LogP contribution < -0.4 is 4.90 Å². The molecule has 2 N–H and O–H groups in total. The average molecular weight is 248 g/mol. The van der Waals surface area contributed by atoms with Crippen molar-refractivity contribution >= 4 is 0 Å². The molecule has 1 heterocycles. The van der Waals surface area contributed by atoms with Gasteiger partial charge in [0.1, 0.15) is 5.60 Å². The van der Waals surface area contributed by atoms with Gasteiger partial charge in [-0.05, 0) is 16.5 Å². The number of nitrogens with one attached hydrogen (secondary N) is 1. The van der Waals surface area contributed by atoms with Crippen LogP contribution in [-0.4, -0.2) is 25.2 Å². The van der Waals surface area contributed by atoms with Crippen molar-refractivity contribution < 1.29 is 10.0 Å². The van der Waals surface area contributed by atoms with Gasteiger partial charge in [-0.25, -0.2) is 0 Å². The number of likely N-dealkylation sites (tertiary alicyclic amines) is 1. The summed E-state index contributed by atoms with van der Waals surface area (Å²) >= 11 is 0. The van der Waals surface area contributed by atoms with Crippen LogP contribution in [0, 0.1) is 0 Å². The highest BCUT2D eigenvalue weighted by Gasteiger charge is 2.35. The van der Waals surface area contributed by atoms with E-state index >= 15 is 0 Å². The Bertz CT molecular complexity index is 394. The zero-order valence-corrected chi connectivity index (χ0v) is 12.1. The fraction of sp³-hybridized carbons (Fsp3) is 0.625. The Kier molecular flexibility index (Phi) is 3.52. The van der Waals surface area contributed by atoms with E-state index in [0.717, 1.165) is 31.5 Å². The third-order valence-corrected chi connectivity index (χ3v) is 4.22. The summed E-state index contributed by atoms with van der Waals surface area (Å²) in [7, 11) is 2.20. The molecule has 1 aliphatic rings. The zero-order chi connectivity index (χ0) is 13.4. The number of quaternary nitrogens is 1. The van der Waals surface area contributed by atoms with Crippen LogP contribution in [0.5, 0.6) is 0 Å². The van der Waals surface area contributed by atoms with E-state index < -0.39 is 5.60 Å². The van der Waals surface area contributed by atoms with Crippen molar-refractivity contribution in [3.63, 3.8) is 0 Å². The molecule has 0 spiro atoms. The number of aliphatic hydroxyl groups is 1. The largest absolute Gasteiger partial charge is 0.385 e. The van der Waals surface area contributed by atoms with Crippen LogP contribution in [0.4, 0.5) is 0 Å². The van der Waals surface area contributed by atoms with Crippen LogP contribution in [0.1, 0.15) is 44.7 Å². The number of piperidine rings is 1. The molecule has 18 heavy (non-hydrogen) atoms. The maximum atomic E-state index is 10.7. The molecular formula is C16H26NO+. The van der Waals surface area contributed by atoms with Crippen molar-refractivity contribution in [3.8, 4) is 0 Å². The summed E-state index contributed by atoms with van der Waals surface area (Å²) < 4.78 is 0. The molecule has 1 aliphatic heterocycles. The Morgan fingerprint density at radius 1 is 1.06 bits per heavy atom. The molecule has 0 aliphatic carbocycles. The Morgan fingerprint density at radius 3 is 2.00 bits per heavy atom. The Labute approximate surface area is 111 Å². The van der Waals surface area contributed by atoms with Gasteiger partial charge in [0, 0.05) is 12.8 Å². The van der Waals surface area contributed by atoms with Crippen LogP contribution in [-0.2, 0) is 11.0 Å². The Morgan fingerprint density at radius 2 is 1.56 bits per heavy atom. The van der Waals surface area contributed by atoms with Gasteiger partial charge in [0.05, 0.1) is 20.1 Å². The minimum atomic E-state index is -0.601. The molecule has 0 atom stereocenters. The normalized spacial score (nSPS) is 29.3. The zero-order valence-electron chi connectivity index (χ0n) is 12.1. The smallest absolute Gasteiger partial charge is 0.100 e. The summed E-state index contributed by atoms with van der Waals surface area (Å²) in [6.07, 6.45) is 1.74. The molecule has 1 saturated heterocycles. The number of hydrogen-bond donors (Lipinski definition) is 2. The van der Waals surface area contributed by atoms with Crippen LogP contribution >= 0.6 is 0 Å². The molecule has 0 saturated carbocycles. The number of benzene rings is 1. The van der Waals surface area contributed by atoms with Gasteiger partial charge in [-0.1, -0.05) is 45.0 Å². The third-order valence-electron chi connectivity index (χ3n) is 4.22. The van der Waals surface area contributed by atoms with Crippen LogP contribution in [0.25, 0.3) is 0 Å². The second-order valence-corrected chi connectivity index (χ2v) is 6.82. The fourth-order valence-corrected chi connectivity index (χ4v) is 2.66. The summed E-state index contributed by atoms with van der Waals surface area (Å²) in [6.45, 7) is 8.76. The van der Waals surface area contributed by atoms with E-state index in [1.165, 1.54) is 10.5 Å². The monoisotopic (exact) mass is 248 g/mol. The first kappa shape index (κ1) is 13.6. The third kappa shape index (κ3) is 2.76. The van der Waals surface area contributed by atoms with E-state index in [9.17, 15) is 5.11 Å². The quantitative estimate of drug-likeness (QED) is 0.773. The molecule has 0 aromatic heterocycles. The van der Waals surface area contributed by atoms with Crippen molar-refractivity contribution in [2.24, 2.45) is 0 Å². The maximum Gasteiger partial charge on any atom is 0.100 e. The number of hydrogen-bond acceptors (Lipinski definition) is 1. The van der Waals surface area contributed by atoms with Crippen LogP contribution in [0.3, 0.4) is 0 Å². The summed E-state index contributed by atoms with van der Waals surface area (Å²) in [4.78, 5) is 1.52. The lowest BCUT2D eigenvalue weighted by Crippen LogP contribution is -3.10. The predicted molar refractivity (Wildman–Crippen MR) is 74.9 cm³/mol. The Balaban J connectivity index is 2.19. The van der Waals surface area contributed by atoms with Gasteiger partial charge >= 0.3 is 0 Å². The molecule has 1 aromatic carbocycles. The van der Waals surface area contributed by atoms with Gasteiger partial charge in [-0.3, -0.25) is 0 Å². The first-order valence-corrected chi connectivity index (χ1v) is 6.96. The summed E-state index contributed by atoms with van der Waals surface area (Å²) in [5.41, 5.74) is 1.99. The lowest BCUT2D eigenvalue weighted by Gasteiger charge is -2.35. The molecule has 2 rings (SSSR count). The first-order chi connectivity index (χ1) is 8.31. The molecule has 1 aromatic rings. The predicted octanol–water partition coefficient (Wildman–Crippen LogP) is 1.48. The second-order valence-electron chi connectivity index (χ2n) is 6.82. The molecule has 0 amide bonds. The SMILES string of the molecule is C[NH+]1CCC(O)(c2ccc(C(C)(C)C)cc2)CC1. The second kappa shape index (κ2) is 4.67. The minimum Gasteiger partial charge on any atom is -0.385 e. The van der Waals surface area contributed by atoms with Crippen molar-refractivity contribution in [2.75, 3.05) is 20.1 Å². The first-order valence-electron chi connectivity index (χ1n) is 6.96. The summed E-state index contributed by atoms with van der Waals surface area (Å²) in [5.74, 6) is 0. The van der Waals surface area contributed by atoms with Gasteiger partial charge in [0.15, 0.2) is 0 Å². The molecule has 2 nitrogen and oxygen atoms in total. The molecule has 0 radical (unpaired) electrons. The molecule has 100 valence electrons. The molecule has 0 bridgehead atoms. The van der Waals surface area contributed by atoms with Gasteiger partial charge in [-0.2, -0.15) is 0 Å². The van der Waals surface area contributed by atoms with E-state index in [1.807, 2.05) is 0 Å². The molecule has 2 heteroatoms. The van der Waals surface area contributed by atoms with E-state index in [4.69, 9.17) is 0 Å². The lowest BCUT2D eigenvalue weighted by atomic mass is 9.81. The molecule has 1 fully saturated rings. The van der Waals surface area contributed by atoms with E-state index in [-0.39, 0.29) is 5.41 Å². The minimum absolute atomic E-state index is 0.179. The van der Waals surface area contributed by atoms with Crippen molar-refractivity contribution in [1.29, 1.82) is 0 Å². The average Bonchev–Trinajstić information content (AvgIpc) is 2.32. The van der Waals surface area contributed by atoms with Gasteiger partial charge in [-0.15, -0.1) is 0 Å². The summed E-state index contributed by atoms with van der Waals surface area (Å²) in [5, 5.41) is 10.7. The topological polar surface area (TPSA) is 24.7 Å². The lowest BCUT2D eigenvalue weighted by molar-refractivity contribution is -0.887. The van der Waals surface area contributed by atoms with Crippen molar-refractivity contribution in [2.45, 2.75) is 44.6 Å². The standard InChI is InChI=1S/C16H25NO/c1-15(2,3)13-5-7-14(8-6-13)16(18)9-11-17(4)12-10-16/h5-8,18H,9-12H2,1-4H3/p+1. The molecule has 0 unspecified atom stereocenters. The Hall–Kier alpha value is -0.860. The van der Waals surface area contributed by atoms with Crippen molar-refractivity contribution in [1.82, 2.24) is 0 Å². The summed E-state index contributed by atoms with van der Waals surface area (Å²) in [6, 6.07) is 8.55.